The SMILES string of the molecule is Cc1ccc(C(C)NCc2cnn3ccccc23)s1. The fourth-order valence-electron chi connectivity index (χ4n) is 2.17. The first-order chi connectivity index (χ1) is 9.24. The van der Waals surface area contributed by atoms with Gasteiger partial charge in [-0.15, -0.1) is 11.3 Å². The number of nitrogens with zero attached hydrogens (tertiary/aromatic N) is 2. The minimum Gasteiger partial charge on any atom is -0.305 e. The summed E-state index contributed by atoms with van der Waals surface area (Å²) in [7, 11) is 0. The third-order valence-electron chi connectivity index (χ3n) is 3.29. The van der Waals surface area contributed by atoms with E-state index in [4.69, 9.17) is 0 Å². The van der Waals surface area contributed by atoms with Crippen LogP contribution in [0.1, 0.15) is 28.3 Å². The van der Waals surface area contributed by atoms with Crippen LogP contribution in [0, 0.1) is 6.92 Å². The molecule has 1 unspecified atom stereocenters. The standard InChI is InChI=1S/C15H17N3S/c1-11-6-7-15(19-11)12(2)16-9-13-10-17-18-8-4-3-5-14(13)18/h3-8,10,12,16H,9H2,1-2H3. The molecule has 0 saturated carbocycles. The van der Waals surface area contributed by atoms with Crippen LogP contribution >= 0.6 is 11.3 Å². The first-order valence-corrected chi connectivity index (χ1v) is 7.26. The van der Waals surface area contributed by atoms with E-state index in [0.717, 1.165) is 6.54 Å². The van der Waals surface area contributed by atoms with Crippen LogP contribution in [0.2, 0.25) is 0 Å². The summed E-state index contributed by atoms with van der Waals surface area (Å²) in [5.74, 6) is 0. The first kappa shape index (κ1) is 12.4. The number of pyridine rings is 1. The second-order valence-corrected chi connectivity index (χ2v) is 6.07. The minimum absolute atomic E-state index is 0.373. The van der Waals surface area contributed by atoms with Crippen LogP contribution in [-0.4, -0.2) is 9.61 Å². The van der Waals surface area contributed by atoms with Crippen molar-refractivity contribution in [3.05, 3.63) is 58.0 Å². The molecule has 3 nitrogen and oxygen atoms in total. The summed E-state index contributed by atoms with van der Waals surface area (Å²) in [6, 6.07) is 10.9. The highest BCUT2D eigenvalue weighted by molar-refractivity contribution is 7.12. The molecule has 19 heavy (non-hydrogen) atoms. The van der Waals surface area contributed by atoms with E-state index < -0.39 is 0 Å². The molecular formula is C15H17N3S. The Morgan fingerprint density at radius 2 is 2.21 bits per heavy atom. The van der Waals surface area contributed by atoms with Gasteiger partial charge < -0.3 is 5.32 Å². The van der Waals surface area contributed by atoms with Crippen molar-refractivity contribution in [2.24, 2.45) is 0 Å². The maximum atomic E-state index is 4.35. The normalized spacial score (nSPS) is 12.9. The van der Waals surface area contributed by atoms with Crippen LogP contribution < -0.4 is 5.32 Å². The average molecular weight is 271 g/mol. The van der Waals surface area contributed by atoms with Crippen molar-refractivity contribution in [3.8, 4) is 0 Å². The van der Waals surface area contributed by atoms with Gasteiger partial charge in [-0.25, -0.2) is 4.52 Å². The van der Waals surface area contributed by atoms with Crippen LogP contribution in [0.4, 0.5) is 0 Å². The molecule has 0 aromatic carbocycles. The van der Waals surface area contributed by atoms with Crippen LogP contribution in [0.3, 0.4) is 0 Å². The highest BCUT2D eigenvalue weighted by Gasteiger charge is 2.09. The summed E-state index contributed by atoms with van der Waals surface area (Å²) in [5.41, 5.74) is 2.41. The maximum Gasteiger partial charge on any atom is 0.0706 e. The monoisotopic (exact) mass is 271 g/mol. The van der Waals surface area contributed by atoms with Crippen molar-refractivity contribution >= 4 is 16.9 Å². The summed E-state index contributed by atoms with van der Waals surface area (Å²) in [5, 5.41) is 7.92. The number of rotatable bonds is 4. The van der Waals surface area contributed by atoms with Gasteiger partial charge in [0.1, 0.15) is 0 Å². The third kappa shape index (κ3) is 2.55. The smallest absolute Gasteiger partial charge is 0.0706 e. The Balaban J connectivity index is 1.72. The fraction of sp³-hybridized carbons (Fsp3) is 0.267. The molecule has 0 aliphatic heterocycles. The zero-order valence-electron chi connectivity index (χ0n) is 11.1. The van der Waals surface area contributed by atoms with E-state index >= 15 is 0 Å². The van der Waals surface area contributed by atoms with E-state index in [1.807, 2.05) is 40.4 Å². The number of aromatic nitrogens is 2. The molecule has 3 heterocycles. The van der Waals surface area contributed by atoms with Crippen molar-refractivity contribution in [1.29, 1.82) is 0 Å². The zero-order valence-corrected chi connectivity index (χ0v) is 11.9. The topological polar surface area (TPSA) is 29.3 Å². The fourth-order valence-corrected chi connectivity index (χ4v) is 3.08. The van der Waals surface area contributed by atoms with Crippen LogP contribution in [0.15, 0.2) is 42.7 Å². The van der Waals surface area contributed by atoms with Crippen molar-refractivity contribution in [2.75, 3.05) is 0 Å². The molecule has 0 aliphatic carbocycles. The highest BCUT2D eigenvalue weighted by Crippen LogP contribution is 2.22. The van der Waals surface area contributed by atoms with E-state index in [9.17, 15) is 0 Å². The van der Waals surface area contributed by atoms with Crippen molar-refractivity contribution in [1.82, 2.24) is 14.9 Å². The lowest BCUT2D eigenvalue weighted by Crippen LogP contribution is -2.16. The summed E-state index contributed by atoms with van der Waals surface area (Å²) < 4.78 is 1.91. The second-order valence-electron chi connectivity index (χ2n) is 4.75. The van der Waals surface area contributed by atoms with Crippen molar-refractivity contribution in [2.45, 2.75) is 26.4 Å². The van der Waals surface area contributed by atoms with Gasteiger partial charge in [0.05, 0.1) is 11.7 Å². The number of hydrogen-bond donors (Lipinski definition) is 1. The average Bonchev–Trinajstić information content (AvgIpc) is 3.02. The molecule has 98 valence electrons. The third-order valence-corrected chi connectivity index (χ3v) is 4.48. The summed E-state index contributed by atoms with van der Waals surface area (Å²) in [6.45, 7) is 5.19. The Labute approximate surface area is 116 Å². The van der Waals surface area contributed by atoms with Gasteiger partial charge in [0, 0.05) is 34.1 Å². The van der Waals surface area contributed by atoms with Crippen molar-refractivity contribution in [3.63, 3.8) is 0 Å². The first-order valence-electron chi connectivity index (χ1n) is 6.45. The lowest BCUT2D eigenvalue weighted by molar-refractivity contribution is 0.584. The molecule has 1 N–H and O–H groups in total. The van der Waals surface area contributed by atoms with Gasteiger partial charge in [-0.05, 0) is 38.1 Å². The molecule has 0 aliphatic rings. The lowest BCUT2D eigenvalue weighted by atomic mass is 10.2. The number of nitrogens with one attached hydrogen (secondary N) is 1. The molecule has 0 bridgehead atoms. The van der Waals surface area contributed by atoms with Crippen LogP contribution in [0.5, 0.6) is 0 Å². The van der Waals surface area contributed by atoms with Crippen LogP contribution in [-0.2, 0) is 6.54 Å². The number of thiophene rings is 1. The largest absolute Gasteiger partial charge is 0.305 e. The van der Waals surface area contributed by atoms with Crippen molar-refractivity contribution < 1.29 is 0 Å². The molecule has 4 heteroatoms. The summed E-state index contributed by atoms with van der Waals surface area (Å²) in [6.07, 6.45) is 3.92. The number of fused-ring (bicyclic) bond motifs is 1. The Morgan fingerprint density at radius 3 is 3.00 bits per heavy atom. The van der Waals surface area contributed by atoms with E-state index in [2.05, 4.69) is 42.5 Å². The van der Waals surface area contributed by atoms with Gasteiger partial charge >= 0.3 is 0 Å². The molecule has 0 saturated heterocycles. The molecule has 1 atom stereocenters. The summed E-state index contributed by atoms with van der Waals surface area (Å²) in [4.78, 5) is 2.74. The van der Waals surface area contributed by atoms with E-state index in [-0.39, 0.29) is 0 Å². The van der Waals surface area contributed by atoms with Gasteiger partial charge in [-0.2, -0.15) is 5.10 Å². The minimum atomic E-state index is 0.373. The van der Waals surface area contributed by atoms with Gasteiger partial charge in [-0.3, -0.25) is 0 Å². The Hall–Kier alpha value is -1.65. The predicted octanol–water partition coefficient (Wildman–Crippen LogP) is 3.56. The van der Waals surface area contributed by atoms with Gasteiger partial charge in [0.2, 0.25) is 0 Å². The van der Waals surface area contributed by atoms with Gasteiger partial charge in [0.15, 0.2) is 0 Å². The molecule has 3 aromatic heterocycles. The molecule has 3 aromatic rings. The highest BCUT2D eigenvalue weighted by atomic mass is 32.1. The maximum absolute atomic E-state index is 4.35. The Morgan fingerprint density at radius 1 is 1.32 bits per heavy atom. The van der Waals surface area contributed by atoms with E-state index in [1.54, 1.807) is 0 Å². The molecule has 0 amide bonds. The molecule has 3 rings (SSSR count). The summed E-state index contributed by atoms with van der Waals surface area (Å²) >= 11 is 1.85. The quantitative estimate of drug-likeness (QED) is 0.786. The number of aryl methyl sites for hydroxylation is 1. The Bertz CT molecular complexity index is 683. The Kier molecular flexibility index (Phi) is 3.36. The lowest BCUT2D eigenvalue weighted by Gasteiger charge is -2.11. The van der Waals surface area contributed by atoms with Gasteiger partial charge in [0.25, 0.3) is 0 Å². The molecular weight excluding hydrogens is 254 g/mol. The predicted molar refractivity (Wildman–Crippen MR) is 79.5 cm³/mol. The van der Waals surface area contributed by atoms with E-state index in [1.165, 1.54) is 20.8 Å². The number of hydrogen-bond acceptors (Lipinski definition) is 3. The molecule has 0 radical (unpaired) electrons. The zero-order chi connectivity index (χ0) is 13.2. The molecule has 0 fully saturated rings. The van der Waals surface area contributed by atoms with Gasteiger partial charge in [-0.1, -0.05) is 6.07 Å². The van der Waals surface area contributed by atoms with E-state index in [0.29, 0.717) is 6.04 Å². The molecule has 0 spiro atoms. The van der Waals surface area contributed by atoms with Crippen LogP contribution in [0.25, 0.3) is 5.52 Å². The second kappa shape index (κ2) is 5.15.